The molecule has 0 saturated heterocycles. The SMILES string of the molecule is NC[C@H](N)c1ccccc1C(=O)O. The van der Waals surface area contributed by atoms with Gasteiger partial charge in [-0.3, -0.25) is 0 Å². The van der Waals surface area contributed by atoms with Crippen LogP contribution < -0.4 is 11.5 Å². The van der Waals surface area contributed by atoms with Crippen molar-refractivity contribution in [2.75, 3.05) is 6.54 Å². The first kappa shape index (κ1) is 9.70. The summed E-state index contributed by atoms with van der Waals surface area (Å²) >= 11 is 0. The zero-order valence-corrected chi connectivity index (χ0v) is 7.10. The highest BCUT2D eigenvalue weighted by Crippen LogP contribution is 2.14. The maximum atomic E-state index is 10.7. The van der Waals surface area contributed by atoms with Crippen molar-refractivity contribution in [3.8, 4) is 0 Å². The van der Waals surface area contributed by atoms with E-state index in [1.807, 2.05) is 0 Å². The number of benzene rings is 1. The smallest absolute Gasteiger partial charge is 0.336 e. The fourth-order valence-electron chi connectivity index (χ4n) is 1.14. The first-order valence-corrected chi connectivity index (χ1v) is 3.94. The van der Waals surface area contributed by atoms with Crippen molar-refractivity contribution in [1.29, 1.82) is 0 Å². The molecule has 4 nitrogen and oxygen atoms in total. The van der Waals surface area contributed by atoms with Crippen molar-refractivity contribution in [2.45, 2.75) is 6.04 Å². The quantitative estimate of drug-likeness (QED) is 0.625. The Kier molecular flexibility index (Phi) is 3.00. The molecule has 1 atom stereocenters. The predicted molar refractivity (Wildman–Crippen MR) is 49.4 cm³/mol. The largest absolute Gasteiger partial charge is 0.478 e. The Hall–Kier alpha value is -1.39. The van der Waals surface area contributed by atoms with Gasteiger partial charge in [0.15, 0.2) is 0 Å². The van der Waals surface area contributed by atoms with Gasteiger partial charge in [0.25, 0.3) is 0 Å². The summed E-state index contributed by atoms with van der Waals surface area (Å²) in [5.74, 6) is -0.973. The van der Waals surface area contributed by atoms with Gasteiger partial charge in [-0.15, -0.1) is 0 Å². The van der Waals surface area contributed by atoms with Gasteiger partial charge in [-0.25, -0.2) is 4.79 Å². The van der Waals surface area contributed by atoms with Gasteiger partial charge in [-0.2, -0.15) is 0 Å². The van der Waals surface area contributed by atoms with E-state index in [-0.39, 0.29) is 12.1 Å². The zero-order valence-electron chi connectivity index (χ0n) is 7.10. The molecule has 0 unspecified atom stereocenters. The zero-order chi connectivity index (χ0) is 9.84. The van der Waals surface area contributed by atoms with E-state index < -0.39 is 12.0 Å². The average Bonchev–Trinajstić information content (AvgIpc) is 2.16. The van der Waals surface area contributed by atoms with E-state index in [1.54, 1.807) is 18.2 Å². The molecule has 0 bridgehead atoms. The molecule has 5 N–H and O–H groups in total. The molecule has 0 aliphatic heterocycles. The number of carboxylic acid groups (broad SMARTS) is 1. The Labute approximate surface area is 76.2 Å². The van der Waals surface area contributed by atoms with Gasteiger partial charge in [0.05, 0.1) is 5.56 Å². The van der Waals surface area contributed by atoms with Crippen LogP contribution >= 0.6 is 0 Å². The minimum absolute atomic E-state index is 0.223. The van der Waals surface area contributed by atoms with Crippen molar-refractivity contribution in [3.05, 3.63) is 35.4 Å². The second kappa shape index (κ2) is 4.02. The third kappa shape index (κ3) is 2.05. The average molecular weight is 180 g/mol. The summed E-state index contributed by atoms with van der Waals surface area (Å²) in [5, 5.41) is 8.81. The maximum Gasteiger partial charge on any atom is 0.336 e. The van der Waals surface area contributed by atoms with Gasteiger partial charge in [-0.1, -0.05) is 18.2 Å². The lowest BCUT2D eigenvalue weighted by Crippen LogP contribution is -2.23. The van der Waals surface area contributed by atoms with Crippen LogP contribution in [-0.4, -0.2) is 17.6 Å². The van der Waals surface area contributed by atoms with Crippen LogP contribution in [0.2, 0.25) is 0 Å². The van der Waals surface area contributed by atoms with E-state index in [9.17, 15) is 4.79 Å². The number of rotatable bonds is 3. The summed E-state index contributed by atoms with van der Waals surface area (Å²) in [4.78, 5) is 10.7. The van der Waals surface area contributed by atoms with Crippen LogP contribution in [0.3, 0.4) is 0 Å². The van der Waals surface area contributed by atoms with Crippen LogP contribution in [-0.2, 0) is 0 Å². The van der Waals surface area contributed by atoms with Gasteiger partial charge in [0.1, 0.15) is 0 Å². The van der Waals surface area contributed by atoms with Gasteiger partial charge < -0.3 is 16.6 Å². The third-order valence-corrected chi connectivity index (χ3v) is 1.84. The molecule has 0 heterocycles. The van der Waals surface area contributed by atoms with E-state index in [0.717, 1.165) is 0 Å². The molecule has 0 aromatic heterocycles. The molecule has 0 aliphatic rings. The van der Waals surface area contributed by atoms with Crippen molar-refractivity contribution >= 4 is 5.97 Å². The number of hydrogen-bond donors (Lipinski definition) is 3. The second-order valence-electron chi connectivity index (χ2n) is 2.73. The summed E-state index contributed by atoms with van der Waals surface area (Å²) in [6.45, 7) is 0.240. The summed E-state index contributed by atoms with van der Waals surface area (Å²) in [7, 11) is 0. The highest BCUT2D eigenvalue weighted by Gasteiger charge is 2.13. The van der Waals surface area contributed by atoms with Gasteiger partial charge in [0.2, 0.25) is 0 Å². The molecule has 0 saturated carbocycles. The number of carboxylic acids is 1. The monoisotopic (exact) mass is 180 g/mol. The van der Waals surface area contributed by atoms with Crippen molar-refractivity contribution in [2.24, 2.45) is 11.5 Å². The summed E-state index contributed by atoms with van der Waals surface area (Å²) in [5.41, 5.74) is 11.8. The van der Waals surface area contributed by atoms with Gasteiger partial charge in [-0.05, 0) is 11.6 Å². The van der Waals surface area contributed by atoms with Crippen molar-refractivity contribution < 1.29 is 9.90 Å². The van der Waals surface area contributed by atoms with Crippen molar-refractivity contribution in [1.82, 2.24) is 0 Å². The molecule has 13 heavy (non-hydrogen) atoms. The molecule has 0 radical (unpaired) electrons. The van der Waals surface area contributed by atoms with Gasteiger partial charge >= 0.3 is 5.97 Å². The molecule has 0 amide bonds. The first-order valence-electron chi connectivity index (χ1n) is 3.94. The molecular formula is C9H12N2O2. The van der Waals surface area contributed by atoms with E-state index in [2.05, 4.69) is 0 Å². The fourth-order valence-corrected chi connectivity index (χ4v) is 1.14. The maximum absolute atomic E-state index is 10.7. The lowest BCUT2D eigenvalue weighted by Gasteiger charge is -2.11. The molecule has 1 aromatic rings. The van der Waals surface area contributed by atoms with Crippen LogP contribution in [0.4, 0.5) is 0 Å². The van der Waals surface area contributed by atoms with Crippen LogP contribution in [0.15, 0.2) is 24.3 Å². The Morgan fingerprint density at radius 1 is 1.46 bits per heavy atom. The summed E-state index contributed by atoms with van der Waals surface area (Å²) in [6, 6.07) is 6.20. The van der Waals surface area contributed by atoms with E-state index in [0.29, 0.717) is 5.56 Å². The lowest BCUT2D eigenvalue weighted by molar-refractivity contribution is 0.0695. The highest BCUT2D eigenvalue weighted by atomic mass is 16.4. The Morgan fingerprint density at radius 2 is 2.08 bits per heavy atom. The topological polar surface area (TPSA) is 89.3 Å². The number of nitrogens with two attached hydrogens (primary N) is 2. The Morgan fingerprint density at radius 3 is 2.62 bits per heavy atom. The normalized spacial score (nSPS) is 12.5. The van der Waals surface area contributed by atoms with Crippen LogP contribution in [0, 0.1) is 0 Å². The lowest BCUT2D eigenvalue weighted by atomic mass is 10.0. The molecule has 1 aromatic carbocycles. The second-order valence-corrected chi connectivity index (χ2v) is 2.73. The highest BCUT2D eigenvalue weighted by molar-refractivity contribution is 5.89. The summed E-state index contributed by atoms with van der Waals surface area (Å²) in [6.07, 6.45) is 0. The molecule has 70 valence electrons. The van der Waals surface area contributed by atoms with Gasteiger partial charge in [0, 0.05) is 12.6 Å². The molecule has 0 fully saturated rings. The molecular weight excluding hydrogens is 168 g/mol. The standard InChI is InChI=1S/C9H12N2O2/c10-5-8(11)6-3-1-2-4-7(6)9(12)13/h1-4,8H,5,10-11H2,(H,12,13)/t8-/m0/s1. The number of carbonyl (C=O) groups is 1. The number of hydrogen-bond acceptors (Lipinski definition) is 3. The van der Waals surface area contributed by atoms with E-state index in [4.69, 9.17) is 16.6 Å². The third-order valence-electron chi connectivity index (χ3n) is 1.84. The molecule has 4 heteroatoms. The van der Waals surface area contributed by atoms with Crippen LogP contribution in [0.25, 0.3) is 0 Å². The van der Waals surface area contributed by atoms with E-state index >= 15 is 0 Å². The predicted octanol–water partition coefficient (Wildman–Crippen LogP) is 0.343. The molecule has 0 aliphatic carbocycles. The van der Waals surface area contributed by atoms with E-state index in [1.165, 1.54) is 6.07 Å². The first-order chi connectivity index (χ1) is 6.16. The molecule has 1 rings (SSSR count). The fraction of sp³-hybridized carbons (Fsp3) is 0.222. The van der Waals surface area contributed by atoms with Crippen LogP contribution in [0.1, 0.15) is 22.0 Å². The Bertz CT molecular complexity index is 312. The van der Waals surface area contributed by atoms with Crippen molar-refractivity contribution in [3.63, 3.8) is 0 Å². The molecule has 0 spiro atoms. The van der Waals surface area contributed by atoms with Crippen LogP contribution in [0.5, 0.6) is 0 Å². The minimum Gasteiger partial charge on any atom is -0.478 e. The minimum atomic E-state index is -0.973. The number of aromatic carboxylic acids is 1. The summed E-state index contributed by atoms with van der Waals surface area (Å²) < 4.78 is 0. The Balaban J connectivity index is 3.11.